The summed E-state index contributed by atoms with van der Waals surface area (Å²) in [5, 5.41) is 2.55. The molecule has 0 fully saturated rings. The molecule has 1 atom stereocenters. The fraction of sp³-hybridized carbons (Fsp3) is 0.167. The SMILES string of the molecule is CNC(=O)c1ccc(/C=C\C(=O)O[C@H](C)c2ccccn2)cc1. The maximum Gasteiger partial charge on any atom is 0.331 e. The summed E-state index contributed by atoms with van der Waals surface area (Å²) in [7, 11) is 1.58. The average molecular weight is 310 g/mol. The molecule has 0 radical (unpaired) electrons. The van der Waals surface area contributed by atoms with Gasteiger partial charge in [0.15, 0.2) is 0 Å². The van der Waals surface area contributed by atoms with Crippen LogP contribution in [0.4, 0.5) is 0 Å². The van der Waals surface area contributed by atoms with Gasteiger partial charge in [-0.15, -0.1) is 0 Å². The fourth-order valence-corrected chi connectivity index (χ4v) is 1.94. The number of hydrogen-bond acceptors (Lipinski definition) is 4. The minimum Gasteiger partial charge on any atom is -0.453 e. The Morgan fingerprint density at radius 2 is 1.91 bits per heavy atom. The lowest BCUT2D eigenvalue weighted by atomic mass is 10.1. The lowest BCUT2D eigenvalue weighted by Gasteiger charge is -2.10. The van der Waals surface area contributed by atoms with Gasteiger partial charge < -0.3 is 10.1 Å². The predicted octanol–water partition coefficient (Wildman–Crippen LogP) is 2.76. The number of ether oxygens (including phenoxy) is 1. The third-order valence-corrected chi connectivity index (χ3v) is 3.21. The molecule has 5 heteroatoms. The number of aromatic nitrogens is 1. The molecular weight excluding hydrogens is 292 g/mol. The first-order valence-corrected chi connectivity index (χ1v) is 7.22. The summed E-state index contributed by atoms with van der Waals surface area (Å²) in [4.78, 5) is 27.4. The Morgan fingerprint density at radius 1 is 1.17 bits per heavy atom. The molecule has 0 bridgehead atoms. The molecule has 0 spiro atoms. The van der Waals surface area contributed by atoms with Crippen LogP contribution in [0.5, 0.6) is 0 Å². The molecule has 1 aromatic heterocycles. The highest BCUT2D eigenvalue weighted by atomic mass is 16.5. The molecule has 0 saturated carbocycles. The van der Waals surface area contributed by atoms with E-state index in [2.05, 4.69) is 10.3 Å². The van der Waals surface area contributed by atoms with Crippen LogP contribution in [0.2, 0.25) is 0 Å². The summed E-state index contributed by atoms with van der Waals surface area (Å²) >= 11 is 0. The Morgan fingerprint density at radius 3 is 2.52 bits per heavy atom. The van der Waals surface area contributed by atoms with Crippen molar-refractivity contribution in [2.24, 2.45) is 0 Å². The van der Waals surface area contributed by atoms with Crippen LogP contribution in [0.1, 0.15) is 34.6 Å². The fourth-order valence-electron chi connectivity index (χ4n) is 1.94. The number of nitrogens with zero attached hydrogens (tertiary/aromatic N) is 1. The van der Waals surface area contributed by atoms with Crippen molar-refractivity contribution in [1.82, 2.24) is 10.3 Å². The predicted molar refractivity (Wildman–Crippen MR) is 87.6 cm³/mol. The number of amides is 1. The third kappa shape index (κ3) is 4.78. The van der Waals surface area contributed by atoms with Gasteiger partial charge in [0.25, 0.3) is 5.91 Å². The Balaban J connectivity index is 1.94. The van der Waals surface area contributed by atoms with Crippen molar-refractivity contribution in [3.63, 3.8) is 0 Å². The molecule has 118 valence electrons. The first-order valence-electron chi connectivity index (χ1n) is 7.22. The largest absolute Gasteiger partial charge is 0.453 e. The second-order valence-corrected chi connectivity index (χ2v) is 4.87. The number of carbonyl (C=O) groups excluding carboxylic acids is 2. The molecule has 1 heterocycles. The number of nitrogens with one attached hydrogen (secondary N) is 1. The minimum absolute atomic E-state index is 0.149. The normalized spacial score (nSPS) is 11.9. The molecule has 0 aliphatic heterocycles. The summed E-state index contributed by atoms with van der Waals surface area (Å²) in [6.45, 7) is 1.77. The van der Waals surface area contributed by atoms with Crippen LogP contribution in [0, 0.1) is 0 Å². The highest BCUT2D eigenvalue weighted by molar-refractivity contribution is 5.94. The topological polar surface area (TPSA) is 68.3 Å². The Hall–Kier alpha value is -2.95. The van der Waals surface area contributed by atoms with Gasteiger partial charge in [-0.1, -0.05) is 18.2 Å². The number of hydrogen-bond donors (Lipinski definition) is 1. The molecule has 0 unspecified atom stereocenters. The standard InChI is InChI=1S/C18H18N2O3/c1-13(16-5-3-4-12-20-16)23-17(21)11-8-14-6-9-15(10-7-14)18(22)19-2/h3-13H,1-2H3,(H,19,22)/b11-8-/t13-/m1/s1. The second kappa shape index (κ2) is 7.89. The Labute approximate surface area is 135 Å². The summed E-state index contributed by atoms with van der Waals surface area (Å²) in [6, 6.07) is 12.4. The van der Waals surface area contributed by atoms with E-state index in [1.165, 1.54) is 6.08 Å². The zero-order valence-corrected chi connectivity index (χ0v) is 13.0. The summed E-state index contributed by atoms with van der Waals surface area (Å²) < 4.78 is 5.29. The van der Waals surface area contributed by atoms with Crippen molar-refractivity contribution in [2.75, 3.05) is 7.05 Å². The van der Waals surface area contributed by atoms with E-state index in [-0.39, 0.29) is 5.91 Å². The van der Waals surface area contributed by atoms with Crippen molar-refractivity contribution < 1.29 is 14.3 Å². The zero-order valence-electron chi connectivity index (χ0n) is 13.0. The molecule has 2 rings (SSSR count). The molecule has 1 aromatic carbocycles. The van der Waals surface area contributed by atoms with E-state index >= 15 is 0 Å². The quantitative estimate of drug-likeness (QED) is 0.681. The maximum atomic E-state index is 11.8. The van der Waals surface area contributed by atoms with Crippen molar-refractivity contribution >= 4 is 18.0 Å². The molecule has 23 heavy (non-hydrogen) atoms. The lowest BCUT2D eigenvalue weighted by Crippen LogP contribution is -2.17. The van der Waals surface area contributed by atoms with Gasteiger partial charge in [-0.3, -0.25) is 9.78 Å². The highest BCUT2D eigenvalue weighted by Gasteiger charge is 2.10. The maximum absolute atomic E-state index is 11.8. The van der Waals surface area contributed by atoms with Crippen molar-refractivity contribution in [2.45, 2.75) is 13.0 Å². The lowest BCUT2D eigenvalue weighted by molar-refractivity contribution is -0.142. The molecule has 5 nitrogen and oxygen atoms in total. The van der Waals surface area contributed by atoms with E-state index in [9.17, 15) is 9.59 Å². The van der Waals surface area contributed by atoms with Gasteiger partial charge in [0.2, 0.25) is 0 Å². The van der Waals surface area contributed by atoms with Crippen LogP contribution in [0.15, 0.2) is 54.7 Å². The van der Waals surface area contributed by atoms with Crippen molar-refractivity contribution in [1.29, 1.82) is 0 Å². The minimum atomic E-state index is -0.446. The van der Waals surface area contributed by atoms with Crippen LogP contribution < -0.4 is 5.32 Å². The van der Waals surface area contributed by atoms with E-state index in [0.29, 0.717) is 11.3 Å². The van der Waals surface area contributed by atoms with Gasteiger partial charge in [0.1, 0.15) is 6.10 Å². The van der Waals surface area contributed by atoms with E-state index in [1.807, 2.05) is 6.07 Å². The first-order chi connectivity index (χ1) is 11.1. The number of rotatable bonds is 5. The molecule has 2 aromatic rings. The van der Waals surface area contributed by atoms with Crippen LogP contribution >= 0.6 is 0 Å². The van der Waals surface area contributed by atoms with Crippen LogP contribution in [0.25, 0.3) is 6.08 Å². The van der Waals surface area contributed by atoms with Crippen molar-refractivity contribution in [3.05, 3.63) is 71.6 Å². The van der Waals surface area contributed by atoms with Gasteiger partial charge in [-0.25, -0.2) is 4.79 Å². The van der Waals surface area contributed by atoms with Gasteiger partial charge in [0, 0.05) is 24.9 Å². The number of carbonyl (C=O) groups is 2. The smallest absolute Gasteiger partial charge is 0.331 e. The number of pyridine rings is 1. The van der Waals surface area contributed by atoms with E-state index < -0.39 is 12.1 Å². The van der Waals surface area contributed by atoms with Gasteiger partial charge in [-0.05, 0) is 42.8 Å². The molecule has 1 amide bonds. The van der Waals surface area contributed by atoms with E-state index in [4.69, 9.17) is 4.74 Å². The monoisotopic (exact) mass is 310 g/mol. The molecule has 1 N–H and O–H groups in total. The van der Waals surface area contributed by atoms with Gasteiger partial charge >= 0.3 is 5.97 Å². The van der Waals surface area contributed by atoms with Crippen LogP contribution in [0.3, 0.4) is 0 Å². The average Bonchev–Trinajstić information content (AvgIpc) is 2.60. The second-order valence-electron chi connectivity index (χ2n) is 4.87. The summed E-state index contributed by atoms with van der Waals surface area (Å²) in [5.41, 5.74) is 2.07. The van der Waals surface area contributed by atoms with Gasteiger partial charge in [0.05, 0.1) is 5.69 Å². The summed E-state index contributed by atoms with van der Waals surface area (Å²) in [6.07, 6.45) is 4.24. The summed E-state index contributed by atoms with van der Waals surface area (Å²) in [5.74, 6) is -0.595. The first kappa shape index (κ1) is 16.4. The third-order valence-electron chi connectivity index (χ3n) is 3.21. The van der Waals surface area contributed by atoms with Crippen LogP contribution in [-0.2, 0) is 9.53 Å². The Kier molecular flexibility index (Phi) is 5.63. The Bertz CT molecular complexity index is 694. The highest BCUT2D eigenvalue weighted by Crippen LogP contribution is 2.14. The zero-order chi connectivity index (χ0) is 16.7. The number of benzene rings is 1. The van der Waals surface area contributed by atoms with E-state index in [1.54, 1.807) is 62.6 Å². The van der Waals surface area contributed by atoms with Crippen LogP contribution in [-0.4, -0.2) is 23.9 Å². The van der Waals surface area contributed by atoms with Gasteiger partial charge in [-0.2, -0.15) is 0 Å². The molecule has 0 saturated heterocycles. The molecule has 0 aliphatic carbocycles. The number of esters is 1. The molecule has 0 aliphatic rings. The molecular formula is C18H18N2O3. The van der Waals surface area contributed by atoms with Crippen molar-refractivity contribution in [3.8, 4) is 0 Å². The van der Waals surface area contributed by atoms with E-state index in [0.717, 1.165) is 5.56 Å².